The third kappa shape index (κ3) is 3.97. The summed E-state index contributed by atoms with van der Waals surface area (Å²) >= 11 is 0. The molecule has 0 aliphatic heterocycles. The van der Waals surface area contributed by atoms with Crippen molar-refractivity contribution in [3.63, 3.8) is 0 Å². The summed E-state index contributed by atoms with van der Waals surface area (Å²) in [4.78, 5) is 8.23. The molecular weight excluding hydrogens is 188 g/mol. The van der Waals surface area contributed by atoms with Gasteiger partial charge in [-0.05, 0) is 25.0 Å². The Morgan fingerprint density at radius 3 is 3.07 bits per heavy atom. The summed E-state index contributed by atoms with van der Waals surface area (Å²) in [6.45, 7) is 4.87. The normalized spacial score (nSPS) is 13.6. The van der Waals surface area contributed by atoms with Crippen molar-refractivity contribution in [3.8, 4) is 0 Å². The Balaban J connectivity index is 2.52. The van der Waals surface area contributed by atoms with Crippen LogP contribution in [0.4, 0.5) is 0 Å². The Morgan fingerprint density at radius 1 is 1.67 bits per heavy atom. The molecule has 1 rings (SSSR count). The van der Waals surface area contributed by atoms with Crippen molar-refractivity contribution in [2.75, 3.05) is 6.54 Å². The van der Waals surface area contributed by atoms with Gasteiger partial charge in [0.2, 0.25) is 0 Å². The molecule has 1 aromatic heterocycles. The van der Waals surface area contributed by atoms with Gasteiger partial charge in [0.15, 0.2) is 5.96 Å². The van der Waals surface area contributed by atoms with Crippen molar-refractivity contribution < 1.29 is 0 Å². The number of hydrogen-bond donors (Lipinski definition) is 2. The fourth-order valence-electron chi connectivity index (χ4n) is 1.22. The van der Waals surface area contributed by atoms with Gasteiger partial charge >= 0.3 is 0 Å². The largest absolute Gasteiger partial charge is 0.370 e. The highest BCUT2D eigenvalue weighted by Gasteiger charge is 2.04. The Hall–Kier alpha value is -1.58. The van der Waals surface area contributed by atoms with Crippen LogP contribution in [0.15, 0.2) is 29.5 Å². The number of hydrogen-bond acceptors (Lipinski definition) is 2. The molecule has 1 aromatic rings. The number of rotatable bonds is 4. The maximum atomic E-state index is 5.72. The zero-order valence-corrected chi connectivity index (χ0v) is 9.27. The molecule has 1 unspecified atom stereocenters. The fourth-order valence-corrected chi connectivity index (χ4v) is 1.22. The van der Waals surface area contributed by atoms with E-state index in [1.54, 1.807) is 6.20 Å². The summed E-state index contributed by atoms with van der Waals surface area (Å²) in [6.07, 6.45) is 4.58. The highest BCUT2D eigenvalue weighted by Crippen LogP contribution is 2.08. The minimum absolute atomic E-state index is 0.138. The summed E-state index contributed by atoms with van der Waals surface area (Å²) in [6, 6.07) is 4.06. The summed E-state index contributed by atoms with van der Waals surface area (Å²) in [7, 11) is 0. The first-order valence-electron chi connectivity index (χ1n) is 5.20. The number of pyridine rings is 1. The van der Waals surface area contributed by atoms with E-state index in [9.17, 15) is 0 Å². The molecule has 0 spiro atoms. The molecule has 3 N–H and O–H groups in total. The molecule has 0 aromatic carbocycles. The van der Waals surface area contributed by atoms with Crippen LogP contribution in [0.3, 0.4) is 0 Å². The van der Waals surface area contributed by atoms with E-state index < -0.39 is 0 Å². The number of guanidine groups is 1. The molecule has 0 aliphatic carbocycles. The number of nitrogens with one attached hydrogen (secondary N) is 1. The van der Waals surface area contributed by atoms with Gasteiger partial charge in [-0.15, -0.1) is 0 Å². The Bertz CT molecular complexity index is 308. The van der Waals surface area contributed by atoms with Crippen LogP contribution < -0.4 is 11.1 Å². The first kappa shape index (κ1) is 11.5. The van der Waals surface area contributed by atoms with Gasteiger partial charge in [-0.25, -0.2) is 0 Å². The smallest absolute Gasteiger partial charge is 0.189 e. The second kappa shape index (κ2) is 6.01. The van der Waals surface area contributed by atoms with Crippen LogP contribution in [0.5, 0.6) is 0 Å². The molecule has 4 heteroatoms. The standard InChI is InChI=1S/C11H18N4/c1-3-6-14-11(12)15-9(2)10-5-4-7-13-8-10/h4-5,7-9H,3,6H2,1-2H3,(H3,12,14,15). The summed E-state index contributed by atoms with van der Waals surface area (Å²) in [5.41, 5.74) is 6.82. The first-order valence-corrected chi connectivity index (χ1v) is 5.20. The number of aromatic nitrogens is 1. The third-order valence-electron chi connectivity index (χ3n) is 2.05. The number of aliphatic imine (C=N–C) groups is 1. The van der Waals surface area contributed by atoms with Crippen molar-refractivity contribution in [1.82, 2.24) is 10.3 Å². The molecule has 0 amide bonds. The predicted molar refractivity (Wildman–Crippen MR) is 62.6 cm³/mol. The SMILES string of the molecule is CCCN=C(N)NC(C)c1cccnc1. The third-order valence-corrected chi connectivity index (χ3v) is 2.05. The van der Waals surface area contributed by atoms with Crippen molar-refractivity contribution >= 4 is 5.96 Å². The van der Waals surface area contributed by atoms with E-state index in [2.05, 4.69) is 22.2 Å². The van der Waals surface area contributed by atoms with Gasteiger partial charge < -0.3 is 11.1 Å². The topological polar surface area (TPSA) is 63.3 Å². The Labute approximate surface area is 90.6 Å². The second-order valence-corrected chi connectivity index (χ2v) is 3.42. The lowest BCUT2D eigenvalue weighted by Gasteiger charge is -2.14. The molecule has 0 aliphatic rings. The minimum atomic E-state index is 0.138. The van der Waals surface area contributed by atoms with E-state index in [1.165, 1.54) is 0 Å². The van der Waals surface area contributed by atoms with Crippen molar-refractivity contribution in [2.45, 2.75) is 26.3 Å². The molecule has 82 valence electrons. The van der Waals surface area contributed by atoms with E-state index in [0.29, 0.717) is 5.96 Å². The maximum absolute atomic E-state index is 5.72. The van der Waals surface area contributed by atoms with Crippen LogP contribution in [0.1, 0.15) is 31.9 Å². The molecule has 0 fully saturated rings. The lowest BCUT2D eigenvalue weighted by Crippen LogP contribution is -2.34. The van der Waals surface area contributed by atoms with Gasteiger partial charge in [0, 0.05) is 18.9 Å². The molecule has 0 saturated carbocycles. The predicted octanol–water partition coefficient (Wildman–Crippen LogP) is 1.46. The summed E-state index contributed by atoms with van der Waals surface area (Å²) < 4.78 is 0. The molecule has 0 saturated heterocycles. The van der Waals surface area contributed by atoms with E-state index in [0.717, 1.165) is 18.5 Å². The molecule has 15 heavy (non-hydrogen) atoms. The van der Waals surface area contributed by atoms with Gasteiger partial charge in [-0.1, -0.05) is 13.0 Å². The lowest BCUT2D eigenvalue weighted by atomic mass is 10.1. The molecule has 1 atom stereocenters. The zero-order chi connectivity index (χ0) is 11.1. The molecular formula is C11H18N4. The lowest BCUT2D eigenvalue weighted by molar-refractivity contribution is 0.703. The maximum Gasteiger partial charge on any atom is 0.189 e. The summed E-state index contributed by atoms with van der Waals surface area (Å²) in [5.74, 6) is 0.494. The van der Waals surface area contributed by atoms with Gasteiger partial charge in [0.05, 0.1) is 6.04 Å². The average Bonchev–Trinajstić information content (AvgIpc) is 2.27. The van der Waals surface area contributed by atoms with Crippen LogP contribution in [0, 0.1) is 0 Å². The zero-order valence-electron chi connectivity index (χ0n) is 9.27. The fraction of sp³-hybridized carbons (Fsp3) is 0.455. The Morgan fingerprint density at radius 2 is 2.47 bits per heavy atom. The summed E-state index contributed by atoms with van der Waals surface area (Å²) in [5, 5.41) is 3.12. The van der Waals surface area contributed by atoms with E-state index >= 15 is 0 Å². The second-order valence-electron chi connectivity index (χ2n) is 3.42. The van der Waals surface area contributed by atoms with Crippen molar-refractivity contribution in [2.24, 2.45) is 10.7 Å². The molecule has 4 nitrogen and oxygen atoms in total. The Kier molecular flexibility index (Phi) is 4.60. The van der Waals surface area contributed by atoms with Crippen LogP contribution in [-0.2, 0) is 0 Å². The molecule has 0 radical (unpaired) electrons. The first-order chi connectivity index (χ1) is 7.24. The van der Waals surface area contributed by atoms with E-state index in [1.807, 2.05) is 25.3 Å². The van der Waals surface area contributed by atoms with Gasteiger partial charge in [-0.3, -0.25) is 9.98 Å². The highest BCUT2D eigenvalue weighted by atomic mass is 15.1. The van der Waals surface area contributed by atoms with Crippen molar-refractivity contribution in [3.05, 3.63) is 30.1 Å². The average molecular weight is 206 g/mol. The number of nitrogens with zero attached hydrogens (tertiary/aromatic N) is 2. The highest BCUT2D eigenvalue weighted by molar-refractivity contribution is 5.78. The molecule has 1 heterocycles. The van der Waals surface area contributed by atoms with Crippen LogP contribution in [0.2, 0.25) is 0 Å². The quantitative estimate of drug-likeness (QED) is 0.579. The monoisotopic (exact) mass is 206 g/mol. The van der Waals surface area contributed by atoms with Crippen LogP contribution in [0.25, 0.3) is 0 Å². The van der Waals surface area contributed by atoms with Gasteiger partial charge in [0.25, 0.3) is 0 Å². The minimum Gasteiger partial charge on any atom is -0.370 e. The van der Waals surface area contributed by atoms with Crippen LogP contribution in [-0.4, -0.2) is 17.5 Å². The van der Waals surface area contributed by atoms with Gasteiger partial charge in [-0.2, -0.15) is 0 Å². The van der Waals surface area contributed by atoms with E-state index in [-0.39, 0.29) is 6.04 Å². The van der Waals surface area contributed by atoms with E-state index in [4.69, 9.17) is 5.73 Å². The number of nitrogens with two attached hydrogens (primary N) is 1. The van der Waals surface area contributed by atoms with Gasteiger partial charge in [0.1, 0.15) is 0 Å². The molecule has 0 bridgehead atoms. The van der Waals surface area contributed by atoms with Crippen molar-refractivity contribution in [1.29, 1.82) is 0 Å². The van der Waals surface area contributed by atoms with Crippen LogP contribution >= 0.6 is 0 Å².